The van der Waals surface area contributed by atoms with Crippen LogP contribution in [-0.2, 0) is 19.7 Å². The number of nitrogens with zero attached hydrogens (tertiary/aromatic N) is 1. The molecule has 0 amide bonds. The molecule has 1 unspecified atom stereocenters. The fourth-order valence-corrected chi connectivity index (χ4v) is 6.79. The maximum atomic E-state index is 13.4. The van der Waals surface area contributed by atoms with E-state index in [9.17, 15) is 16.8 Å². The summed E-state index contributed by atoms with van der Waals surface area (Å²) < 4.78 is 53.0. The van der Waals surface area contributed by atoms with Gasteiger partial charge in [-0.3, -0.25) is 0 Å². The molecule has 7 nitrogen and oxygen atoms in total. The first-order valence-corrected chi connectivity index (χ1v) is 11.9. The number of nitrogens with one attached hydrogen (secondary N) is 2. The van der Waals surface area contributed by atoms with Gasteiger partial charge in [0.25, 0.3) is 0 Å². The van der Waals surface area contributed by atoms with Crippen LogP contribution in [0.25, 0.3) is 0 Å². The number of H-pyrrole nitrogens is 1. The van der Waals surface area contributed by atoms with E-state index in [1.54, 1.807) is 12.1 Å². The zero-order valence-electron chi connectivity index (χ0n) is 15.5. The number of aryl methyl sites for hydroxylation is 1. The number of aromatic nitrogens is 1. The summed E-state index contributed by atoms with van der Waals surface area (Å²) >= 11 is 0. The second-order valence-electron chi connectivity index (χ2n) is 6.78. The van der Waals surface area contributed by atoms with Crippen molar-refractivity contribution in [1.29, 1.82) is 0 Å². The zero-order chi connectivity index (χ0) is 20.6. The number of hydrogen-bond acceptors (Lipinski definition) is 6. The number of hydrogen-bond donors (Lipinski definition) is 2. The summed E-state index contributed by atoms with van der Waals surface area (Å²) in [5, 5.41) is 3.90. The first kappa shape index (κ1) is 19.4. The van der Waals surface area contributed by atoms with Crippen molar-refractivity contribution in [3.8, 4) is 0 Å². The molecule has 1 aliphatic heterocycles. The Kier molecular flexibility index (Phi) is 4.79. The molecular formula is C20H19N3O4S2. The third kappa shape index (κ3) is 3.36. The van der Waals surface area contributed by atoms with E-state index < -0.39 is 25.6 Å². The predicted octanol–water partition coefficient (Wildman–Crippen LogP) is 2.63. The van der Waals surface area contributed by atoms with Crippen molar-refractivity contribution < 1.29 is 16.8 Å². The van der Waals surface area contributed by atoms with Crippen molar-refractivity contribution in [3.63, 3.8) is 0 Å². The lowest BCUT2D eigenvalue weighted by molar-refractivity contribution is 0.588. The Morgan fingerprint density at radius 2 is 1.48 bits per heavy atom. The van der Waals surface area contributed by atoms with Crippen LogP contribution in [0.3, 0.4) is 0 Å². The fraction of sp³-hybridized carbons (Fsp3) is 0.150. The van der Waals surface area contributed by atoms with Gasteiger partial charge in [-0.25, -0.2) is 16.8 Å². The minimum atomic E-state index is -4.15. The van der Waals surface area contributed by atoms with Crippen molar-refractivity contribution in [2.75, 3.05) is 6.54 Å². The van der Waals surface area contributed by atoms with Crippen LogP contribution in [0.4, 0.5) is 0 Å². The second kappa shape index (κ2) is 7.16. The summed E-state index contributed by atoms with van der Waals surface area (Å²) in [4.78, 5) is 2.08. The van der Waals surface area contributed by atoms with E-state index in [-0.39, 0.29) is 19.7 Å². The van der Waals surface area contributed by atoms with Crippen LogP contribution in [0.1, 0.15) is 17.0 Å². The smallest absolute Gasteiger partial charge is 0.225 e. The molecule has 4 rings (SSSR count). The molecule has 9 heteroatoms. The summed E-state index contributed by atoms with van der Waals surface area (Å²) in [6, 6.07) is 15.4. The summed E-state index contributed by atoms with van der Waals surface area (Å²) in [5.74, 6) is -0.494. The lowest BCUT2D eigenvalue weighted by atomic mass is 10.0. The lowest BCUT2D eigenvalue weighted by Crippen LogP contribution is -2.23. The zero-order valence-corrected chi connectivity index (χ0v) is 17.2. The first-order valence-electron chi connectivity index (χ1n) is 8.91. The molecule has 2 N–H and O–H groups in total. The number of hydrazone groups is 1. The molecule has 2 aromatic carbocycles. The second-order valence-corrected chi connectivity index (χ2v) is 10.6. The van der Waals surface area contributed by atoms with Gasteiger partial charge in [-0.15, -0.1) is 0 Å². The molecule has 1 aliphatic rings. The monoisotopic (exact) mass is 429 g/mol. The number of sulfone groups is 2. The minimum Gasteiger partial charge on any atom is -0.365 e. The van der Waals surface area contributed by atoms with Crippen LogP contribution in [0.2, 0.25) is 0 Å². The number of aromatic amines is 1. The molecule has 0 aliphatic carbocycles. The topological polar surface area (TPSA) is 108 Å². The Balaban J connectivity index is 1.79. The molecule has 0 radical (unpaired) electrons. The van der Waals surface area contributed by atoms with Crippen LogP contribution in [0, 0.1) is 6.92 Å². The normalized spacial score (nSPS) is 17.0. The van der Waals surface area contributed by atoms with Gasteiger partial charge in [-0.2, -0.15) is 5.10 Å². The molecular weight excluding hydrogens is 410 g/mol. The van der Waals surface area contributed by atoms with E-state index in [1.165, 1.54) is 24.5 Å². The summed E-state index contributed by atoms with van der Waals surface area (Å²) in [5.41, 5.74) is 4.43. The molecule has 0 spiro atoms. The quantitative estimate of drug-likeness (QED) is 0.663. The molecule has 0 fully saturated rings. The van der Waals surface area contributed by atoms with Gasteiger partial charge in [0.05, 0.1) is 10.8 Å². The van der Waals surface area contributed by atoms with E-state index in [1.807, 2.05) is 37.3 Å². The maximum absolute atomic E-state index is 13.4. The van der Waals surface area contributed by atoms with E-state index in [0.717, 1.165) is 11.1 Å². The van der Waals surface area contributed by atoms with Crippen LogP contribution in [-0.4, -0.2) is 33.4 Å². The third-order valence-corrected chi connectivity index (χ3v) is 8.62. The number of rotatable bonds is 4. The summed E-state index contributed by atoms with van der Waals surface area (Å²) in [6.07, 6.45) is 2.39. The summed E-state index contributed by atoms with van der Waals surface area (Å²) in [6.45, 7) is 2.17. The van der Waals surface area contributed by atoms with Crippen LogP contribution in [0.15, 0.2) is 86.8 Å². The molecule has 1 aromatic heterocycles. The Morgan fingerprint density at radius 3 is 2.14 bits per heavy atom. The van der Waals surface area contributed by atoms with Crippen LogP contribution in [0.5, 0.6) is 0 Å². The molecule has 0 bridgehead atoms. The van der Waals surface area contributed by atoms with Crippen molar-refractivity contribution in [2.24, 2.45) is 5.10 Å². The van der Waals surface area contributed by atoms with Crippen molar-refractivity contribution >= 4 is 24.7 Å². The van der Waals surface area contributed by atoms with Gasteiger partial charge >= 0.3 is 0 Å². The van der Waals surface area contributed by atoms with Gasteiger partial charge in [-0.1, -0.05) is 48.0 Å². The number of benzene rings is 2. The Bertz CT molecular complexity index is 1280. The van der Waals surface area contributed by atoms with Crippen LogP contribution >= 0.6 is 0 Å². The minimum absolute atomic E-state index is 0.0326. The first-order chi connectivity index (χ1) is 13.8. The van der Waals surface area contributed by atoms with Gasteiger partial charge in [-0.05, 0) is 24.6 Å². The summed E-state index contributed by atoms with van der Waals surface area (Å²) in [7, 11) is -8.17. The van der Waals surface area contributed by atoms with E-state index in [2.05, 4.69) is 15.5 Å². The van der Waals surface area contributed by atoms with E-state index in [4.69, 9.17) is 0 Å². The predicted molar refractivity (Wildman–Crippen MR) is 109 cm³/mol. The van der Waals surface area contributed by atoms with Gasteiger partial charge < -0.3 is 10.4 Å². The van der Waals surface area contributed by atoms with Gasteiger partial charge in [0.1, 0.15) is 9.79 Å². The van der Waals surface area contributed by atoms with E-state index >= 15 is 0 Å². The highest BCUT2D eigenvalue weighted by atomic mass is 32.2. The fourth-order valence-electron chi connectivity index (χ4n) is 3.29. The van der Waals surface area contributed by atoms with Gasteiger partial charge in [0.15, 0.2) is 5.04 Å². The molecule has 150 valence electrons. The Morgan fingerprint density at radius 1 is 0.862 bits per heavy atom. The van der Waals surface area contributed by atoms with Crippen molar-refractivity contribution in [1.82, 2.24) is 10.4 Å². The average molecular weight is 430 g/mol. The molecule has 3 aromatic rings. The third-order valence-electron chi connectivity index (χ3n) is 4.84. The van der Waals surface area contributed by atoms with Crippen molar-refractivity contribution in [2.45, 2.75) is 27.5 Å². The SMILES string of the molecule is Cc1ccc(S(=O)(=O)c2c[nH]cc2S(=O)(=O)C2=NNCC2c2ccccc2)cc1. The average Bonchev–Trinajstić information content (AvgIpc) is 3.40. The molecule has 1 atom stereocenters. The molecule has 29 heavy (non-hydrogen) atoms. The van der Waals surface area contributed by atoms with E-state index in [0.29, 0.717) is 6.54 Å². The largest absolute Gasteiger partial charge is 0.365 e. The maximum Gasteiger partial charge on any atom is 0.225 e. The highest BCUT2D eigenvalue weighted by Gasteiger charge is 2.38. The van der Waals surface area contributed by atoms with Gasteiger partial charge in [0.2, 0.25) is 19.7 Å². The Hall–Kier alpha value is -2.91. The standard InChI is InChI=1S/C20H19N3O4S2/c1-14-7-9-16(10-8-14)28(24,25)18-12-21-13-19(18)29(26,27)20-17(11-22-23-20)15-5-3-2-4-6-15/h2-10,12-13,17,21-22H,11H2,1H3. The highest BCUT2D eigenvalue weighted by molar-refractivity contribution is 8.07. The van der Waals surface area contributed by atoms with Crippen LogP contribution < -0.4 is 5.43 Å². The van der Waals surface area contributed by atoms with Crippen molar-refractivity contribution in [3.05, 3.63) is 78.1 Å². The molecule has 2 heterocycles. The highest BCUT2D eigenvalue weighted by Crippen LogP contribution is 2.32. The van der Waals surface area contributed by atoms with Gasteiger partial charge in [0, 0.05) is 18.9 Å². The molecule has 0 saturated carbocycles. The lowest BCUT2D eigenvalue weighted by Gasteiger charge is -2.13. The molecule has 0 saturated heterocycles. The Labute approximate surface area is 169 Å².